The summed E-state index contributed by atoms with van der Waals surface area (Å²) in [4.78, 5) is 4.33. The number of ether oxygens (including phenoxy) is 1. The number of unbranched alkanes of at least 4 members (excludes halogenated alkanes) is 1. The van der Waals surface area contributed by atoms with Gasteiger partial charge in [0.05, 0.1) is 13.2 Å². The number of halogens is 1. The lowest BCUT2D eigenvalue weighted by Gasteiger charge is -2.14. The third-order valence-electron chi connectivity index (χ3n) is 4.80. The SMILES string of the molecule is CN=C(NCCCCOCc1ccccc1)NCc1ccccc1Cn1cccn1.I. The summed E-state index contributed by atoms with van der Waals surface area (Å²) in [7, 11) is 1.80. The quantitative estimate of drug-likeness (QED) is 0.168. The van der Waals surface area contributed by atoms with Crippen LogP contribution < -0.4 is 10.6 Å². The minimum absolute atomic E-state index is 0. The van der Waals surface area contributed by atoms with Crippen LogP contribution in [0.2, 0.25) is 0 Å². The molecule has 31 heavy (non-hydrogen) atoms. The van der Waals surface area contributed by atoms with Gasteiger partial charge in [0.15, 0.2) is 5.96 Å². The fraction of sp³-hybridized carbons (Fsp3) is 0.333. The number of hydrogen-bond acceptors (Lipinski definition) is 3. The Bertz CT molecular complexity index is 884. The molecule has 0 aliphatic heterocycles. The Hall–Kier alpha value is -2.39. The molecule has 0 aliphatic carbocycles. The Morgan fingerprint density at radius 2 is 1.74 bits per heavy atom. The maximum absolute atomic E-state index is 5.73. The molecule has 6 nitrogen and oxygen atoms in total. The highest BCUT2D eigenvalue weighted by Gasteiger charge is 2.04. The molecule has 166 valence electrons. The normalized spacial score (nSPS) is 11.1. The summed E-state index contributed by atoms with van der Waals surface area (Å²) in [6.07, 6.45) is 5.84. The second kappa shape index (κ2) is 14.6. The van der Waals surface area contributed by atoms with Gasteiger partial charge in [0.2, 0.25) is 0 Å². The molecule has 0 atom stereocenters. The van der Waals surface area contributed by atoms with Crippen LogP contribution in [0.3, 0.4) is 0 Å². The highest BCUT2D eigenvalue weighted by molar-refractivity contribution is 14.0. The van der Waals surface area contributed by atoms with Gasteiger partial charge in [-0.25, -0.2) is 0 Å². The topological polar surface area (TPSA) is 63.5 Å². The molecular weight excluding hydrogens is 501 g/mol. The van der Waals surface area contributed by atoms with Gasteiger partial charge >= 0.3 is 0 Å². The summed E-state index contributed by atoms with van der Waals surface area (Å²) >= 11 is 0. The number of nitrogens with one attached hydrogen (secondary N) is 2. The van der Waals surface area contributed by atoms with Crippen LogP contribution in [-0.2, 0) is 24.4 Å². The first kappa shape index (κ1) is 24.9. The van der Waals surface area contributed by atoms with Crippen molar-refractivity contribution in [2.24, 2.45) is 4.99 Å². The average molecular weight is 533 g/mol. The first-order chi connectivity index (χ1) is 14.8. The van der Waals surface area contributed by atoms with Gasteiger partial charge in [-0.1, -0.05) is 54.6 Å². The molecule has 0 unspecified atom stereocenters. The van der Waals surface area contributed by atoms with Gasteiger partial charge in [0, 0.05) is 39.1 Å². The Balaban J connectivity index is 0.00000341. The summed E-state index contributed by atoms with van der Waals surface area (Å²) in [5.74, 6) is 0.814. The van der Waals surface area contributed by atoms with Crippen molar-refractivity contribution in [1.82, 2.24) is 20.4 Å². The Kier molecular flexibility index (Phi) is 11.7. The Morgan fingerprint density at radius 1 is 0.968 bits per heavy atom. The van der Waals surface area contributed by atoms with Crippen molar-refractivity contribution in [2.75, 3.05) is 20.2 Å². The van der Waals surface area contributed by atoms with E-state index in [1.807, 2.05) is 35.1 Å². The lowest BCUT2D eigenvalue weighted by Crippen LogP contribution is -2.37. The van der Waals surface area contributed by atoms with E-state index in [0.29, 0.717) is 6.61 Å². The van der Waals surface area contributed by atoms with E-state index in [9.17, 15) is 0 Å². The number of guanidine groups is 1. The smallest absolute Gasteiger partial charge is 0.191 e. The number of benzene rings is 2. The summed E-state index contributed by atoms with van der Waals surface area (Å²) in [5, 5.41) is 11.1. The first-order valence-electron chi connectivity index (χ1n) is 10.5. The number of nitrogens with zero attached hydrogens (tertiary/aromatic N) is 3. The van der Waals surface area contributed by atoms with E-state index in [4.69, 9.17) is 4.74 Å². The summed E-state index contributed by atoms with van der Waals surface area (Å²) < 4.78 is 7.67. The van der Waals surface area contributed by atoms with Crippen LogP contribution in [0.5, 0.6) is 0 Å². The largest absolute Gasteiger partial charge is 0.377 e. The van der Waals surface area contributed by atoms with Gasteiger partial charge < -0.3 is 15.4 Å². The molecule has 2 aromatic carbocycles. The Labute approximate surface area is 202 Å². The number of hydrogen-bond donors (Lipinski definition) is 2. The van der Waals surface area contributed by atoms with Gasteiger partial charge in [-0.05, 0) is 35.6 Å². The van der Waals surface area contributed by atoms with Crippen LogP contribution in [0.4, 0.5) is 0 Å². The van der Waals surface area contributed by atoms with Crippen molar-refractivity contribution in [3.8, 4) is 0 Å². The van der Waals surface area contributed by atoms with Gasteiger partial charge in [-0.2, -0.15) is 5.10 Å². The molecule has 3 rings (SSSR count). The molecule has 2 N–H and O–H groups in total. The van der Waals surface area contributed by atoms with Crippen LogP contribution in [0.25, 0.3) is 0 Å². The minimum atomic E-state index is 0. The average Bonchev–Trinajstić information content (AvgIpc) is 3.30. The van der Waals surface area contributed by atoms with Crippen molar-refractivity contribution >= 4 is 29.9 Å². The molecule has 1 heterocycles. The lowest BCUT2D eigenvalue weighted by molar-refractivity contribution is 0.117. The van der Waals surface area contributed by atoms with E-state index in [1.54, 1.807) is 13.2 Å². The van der Waals surface area contributed by atoms with E-state index >= 15 is 0 Å². The third-order valence-corrected chi connectivity index (χ3v) is 4.80. The summed E-state index contributed by atoms with van der Waals surface area (Å²) in [6, 6.07) is 20.6. The second-order valence-electron chi connectivity index (χ2n) is 7.07. The monoisotopic (exact) mass is 533 g/mol. The molecular formula is C24H32IN5O. The lowest BCUT2D eigenvalue weighted by atomic mass is 10.1. The van der Waals surface area contributed by atoms with Gasteiger partial charge in [0.1, 0.15) is 0 Å². The van der Waals surface area contributed by atoms with Crippen molar-refractivity contribution in [1.29, 1.82) is 0 Å². The van der Waals surface area contributed by atoms with E-state index in [-0.39, 0.29) is 24.0 Å². The van der Waals surface area contributed by atoms with E-state index in [0.717, 1.165) is 45.0 Å². The molecule has 0 aliphatic rings. The van der Waals surface area contributed by atoms with Gasteiger partial charge in [0.25, 0.3) is 0 Å². The molecule has 1 aromatic heterocycles. The third kappa shape index (κ3) is 9.10. The van der Waals surface area contributed by atoms with Crippen LogP contribution in [0.1, 0.15) is 29.5 Å². The van der Waals surface area contributed by atoms with Crippen LogP contribution in [-0.4, -0.2) is 35.9 Å². The highest BCUT2D eigenvalue weighted by atomic mass is 127. The molecule has 0 saturated heterocycles. The van der Waals surface area contributed by atoms with Crippen LogP contribution in [0.15, 0.2) is 78.0 Å². The van der Waals surface area contributed by atoms with Crippen molar-refractivity contribution in [3.63, 3.8) is 0 Å². The minimum Gasteiger partial charge on any atom is -0.377 e. The number of aliphatic imine (C=N–C) groups is 1. The predicted octanol–water partition coefficient (Wildman–Crippen LogP) is 4.21. The Morgan fingerprint density at radius 3 is 2.48 bits per heavy atom. The second-order valence-corrected chi connectivity index (χ2v) is 7.07. The zero-order valence-electron chi connectivity index (χ0n) is 18.0. The number of aromatic nitrogens is 2. The maximum atomic E-state index is 5.73. The van der Waals surface area contributed by atoms with E-state index in [1.165, 1.54) is 16.7 Å². The molecule has 0 spiro atoms. The zero-order chi connectivity index (χ0) is 20.9. The van der Waals surface area contributed by atoms with Crippen LogP contribution >= 0.6 is 24.0 Å². The molecule has 0 saturated carbocycles. The van der Waals surface area contributed by atoms with Crippen molar-refractivity contribution in [2.45, 2.75) is 32.5 Å². The van der Waals surface area contributed by atoms with E-state index in [2.05, 4.69) is 57.1 Å². The van der Waals surface area contributed by atoms with Gasteiger partial charge in [-0.15, -0.1) is 24.0 Å². The fourth-order valence-corrected chi connectivity index (χ4v) is 3.15. The zero-order valence-corrected chi connectivity index (χ0v) is 20.4. The van der Waals surface area contributed by atoms with Gasteiger partial charge in [-0.3, -0.25) is 9.67 Å². The van der Waals surface area contributed by atoms with E-state index < -0.39 is 0 Å². The summed E-state index contributed by atoms with van der Waals surface area (Å²) in [5.41, 5.74) is 3.71. The maximum Gasteiger partial charge on any atom is 0.191 e. The molecule has 0 fully saturated rings. The van der Waals surface area contributed by atoms with Crippen molar-refractivity contribution < 1.29 is 4.74 Å². The van der Waals surface area contributed by atoms with Crippen molar-refractivity contribution in [3.05, 3.63) is 89.7 Å². The number of rotatable bonds is 11. The standard InChI is InChI=1S/C24H31N5O.HI/c1-25-24(26-14-7-8-17-30-20-21-10-3-2-4-11-21)27-18-22-12-5-6-13-23(22)19-29-16-9-15-28-29;/h2-6,9-13,15-16H,7-8,14,17-20H2,1H3,(H2,25,26,27);1H. The predicted molar refractivity (Wildman–Crippen MR) is 137 cm³/mol. The molecule has 3 aromatic rings. The highest BCUT2D eigenvalue weighted by Crippen LogP contribution is 2.10. The molecule has 0 bridgehead atoms. The molecule has 0 amide bonds. The molecule has 0 radical (unpaired) electrons. The summed E-state index contributed by atoms with van der Waals surface area (Å²) in [6.45, 7) is 3.79. The van der Waals surface area contributed by atoms with Crippen LogP contribution in [0, 0.1) is 0 Å². The fourth-order valence-electron chi connectivity index (χ4n) is 3.15. The molecule has 7 heteroatoms. The first-order valence-corrected chi connectivity index (χ1v) is 10.5.